The van der Waals surface area contributed by atoms with E-state index in [1.807, 2.05) is 11.0 Å². The fourth-order valence-electron chi connectivity index (χ4n) is 5.67. The lowest BCUT2D eigenvalue weighted by Crippen LogP contribution is -2.42. The Morgan fingerprint density at radius 1 is 1.16 bits per heavy atom. The van der Waals surface area contributed by atoms with E-state index in [4.69, 9.17) is 15.2 Å². The topological polar surface area (TPSA) is 140 Å². The minimum atomic E-state index is -2.67. The van der Waals surface area contributed by atoms with Crippen molar-refractivity contribution in [2.45, 2.75) is 62.9 Å². The largest absolute Gasteiger partial charge is 0.480 e. The number of methoxy groups -OCH3 is 1. The van der Waals surface area contributed by atoms with Crippen molar-refractivity contribution in [1.29, 1.82) is 0 Å². The zero-order valence-corrected chi connectivity index (χ0v) is 23.6. The van der Waals surface area contributed by atoms with Gasteiger partial charge in [-0.15, -0.1) is 0 Å². The maximum Gasteiger partial charge on any atom is 0.410 e. The second-order valence-electron chi connectivity index (χ2n) is 11.3. The minimum Gasteiger partial charge on any atom is -0.480 e. The number of amides is 2. The van der Waals surface area contributed by atoms with Crippen molar-refractivity contribution in [2.75, 3.05) is 39.0 Å². The number of aromatic nitrogens is 4. The molecule has 230 valence electrons. The van der Waals surface area contributed by atoms with Gasteiger partial charge in [-0.1, -0.05) is 0 Å². The predicted octanol–water partition coefficient (Wildman–Crippen LogP) is 3.05. The molecule has 0 bridgehead atoms. The number of piperidine rings is 1. The number of nitrogens with one attached hydrogen (secondary N) is 1. The number of hydrogen-bond acceptors (Lipinski definition) is 9. The lowest BCUT2D eigenvalue weighted by atomic mass is 9.96. The number of nitrogens with zero attached hydrogens (tertiary/aromatic N) is 6. The Bertz CT molecular complexity index is 1520. The number of halogens is 3. The van der Waals surface area contributed by atoms with Gasteiger partial charge in [-0.05, 0) is 37.0 Å². The van der Waals surface area contributed by atoms with Gasteiger partial charge in [-0.3, -0.25) is 9.69 Å². The third-order valence-corrected chi connectivity index (χ3v) is 8.37. The zero-order valence-electron chi connectivity index (χ0n) is 23.6. The Balaban J connectivity index is 1.24. The second-order valence-corrected chi connectivity index (χ2v) is 11.3. The Morgan fingerprint density at radius 2 is 1.93 bits per heavy atom. The monoisotopic (exact) mass is 602 g/mol. The van der Waals surface area contributed by atoms with Gasteiger partial charge in [0.1, 0.15) is 29.7 Å². The van der Waals surface area contributed by atoms with Gasteiger partial charge < -0.3 is 25.4 Å². The van der Waals surface area contributed by atoms with Crippen LogP contribution in [0.1, 0.15) is 48.0 Å². The van der Waals surface area contributed by atoms with Gasteiger partial charge >= 0.3 is 6.09 Å². The van der Waals surface area contributed by atoms with Crippen molar-refractivity contribution in [1.82, 2.24) is 34.7 Å². The Labute approximate surface area is 245 Å². The number of ether oxygens (including phenoxy) is 2. The molecule has 2 amide bonds. The van der Waals surface area contributed by atoms with Crippen LogP contribution in [0.2, 0.25) is 0 Å². The van der Waals surface area contributed by atoms with Crippen molar-refractivity contribution >= 4 is 23.3 Å². The number of fused-ring (bicyclic) bond motifs is 1. The number of hydrogen-bond donors (Lipinski definition) is 2. The van der Waals surface area contributed by atoms with E-state index in [1.165, 1.54) is 24.5 Å². The second kappa shape index (κ2) is 11.5. The van der Waals surface area contributed by atoms with Crippen LogP contribution >= 0.6 is 0 Å². The number of carbonyl (C=O) groups excluding carboxylic acids is 2. The fraction of sp³-hybridized carbons (Fsp3) is 0.536. The number of pyridine rings is 1. The molecule has 3 aliphatic rings. The Hall–Kier alpha value is -4.14. The highest BCUT2D eigenvalue weighted by atomic mass is 19.3. The molecule has 0 unspecified atom stereocenters. The Morgan fingerprint density at radius 3 is 2.63 bits per heavy atom. The first-order valence-electron chi connectivity index (χ1n) is 14.3. The summed E-state index contributed by atoms with van der Waals surface area (Å²) >= 11 is 0. The normalized spacial score (nSPS) is 22.4. The molecular weight excluding hydrogens is 569 g/mol. The highest BCUT2D eigenvalue weighted by molar-refractivity contribution is 5.98. The van der Waals surface area contributed by atoms with Crippen LogP contribution in [0.5, 0.6) is 5.88 Å². The summed E-state index contributed by atoms with van der Waals surface area (Å²) in [4.78, 5) is 37.4. The van der Waals surface area contributed by atoms with E-state index >= 15 is 0 Å². The molecule has 1 aliphatic carbocycles. The van der Waals surface area contributed by atoms with E-state index in [0.717, 1.165) is 24.8 Å². The summed E-state index contributed by atoms with van der Waals surface area (Å²) in [6.45, 7) is 0.607. The van der Waals surface area contributed by atoms with Crippen LogP contribution in [0.15, 0.2) is 24.7 Å². The molecule has 0 radical (unpaired) electrons. The number of carbonyl (C=O) groups is 2. The molecule has 3 aromatic rings. The summed E-state index contributed by atoms with van der Waals surface area (Å²) in [7, 11) is 1.37. The number of nitrogens with two attached hydrogens (primary N) is 1. The predicted molar refractivity (Wildman–Crippen MR) is 148 cm³/mol. The summed E-state index contributed by atoms with van der Waals surface area (Å²) < 4.78 is 54.6. The summed E-state index contributed by atoms with van der Waals surface area (Å²) in [5.41, 5.74) is 8.56. The van der Waals surface area contributed by atoms with E-state index in [1.54, 1.807) is 10.6 Å². The van der Waals surface area contributed by atoms with Crippen molar-refractivity contribution in [3.8, 4) is 17.1 Å². The molecule has 2 aliphatic heterocycles. The minimum absolute atomic E-state index is 0.0281. The Kier molecular flexibility index (Phi) is 7.75. The summed E-state index contributed by atoms with van der Waals surface area (Å²) in [5, 5.41) is 7.02. The van der Waals surface area contributed by atoms with Crippen LogP contribution in [-0.4, -0.2) is 98.9 Å². The van der Waals surface area contributed by atoms with Gasteiger partial charge in [-0.2, -0.15) is 5.10 Å². The molecule has 3 aromatic heterocycles. The zero-order chi connectivity index (χ0) is 30.3. The average Bonchev–Trinajstić information content (AvgIpc) is 3.52. The third kappa shape index (κ3) is 5.90. The van der Waals surface area contributed by atoms with Gasteiger partial charge in [0.2, 0.25) is 5.88 Å². The molecule has 1 saturated carbocycles. The van der Waals surface area contributed by atoms with Crippen molar-refractivity contribution in [3.05, 3.63) is 35.8 Å². The molecule has 43 heavy (non-hydrogen) atoms. The van der Waals surface area contributed by atoms with E-state index in [2.05, 4.69) is 20.4 Å². The van der Waals surface area contributed by atoms with Crippen LogP contribution < -0.4 is 15.8 Å². The number of likely N-dealkylation sites (tertiary alicyclic amines) is 2. The number of rotatable bonds is 7. The van der Waals surface area contributed by atoms with Crippen LogP contribution in [0.3, 0.4) is 0 Å². The first-order chi connectivity index (χ1) is 20.6. The number of anilines is 1. The molecule has 0 spiro atoms. The van der Waals surface area contributed by atoms with E-state index in [9.17, 15) is 22.8 Å². The molecular formula is C28H33F3N8O4. The maximum atomic E-state index is 14.9. The standard InChI is InChI=1S/C28H33F3N8O4/c1-42-26-19(25(40)36-21-14-38(13-20(21)29)27(41)43-18-3-2-4-18)9-16(11-33-26)22-10-17(23-24(32)34-15-35-39(22)23)12-37-7-5-28(30,31)6-8-37/h9-11,15,18,20-21H,2-8,12-14H2,1H3,(H,36,40)(H2,32,34,35)/t20-,21+/m0/s1. The van der Waals surface area contributed by atoms with Crippen molar-refractivity contribution < 1.29 is 32.2 Å². The lowest BCUT2D eigenvalue weighted by molar-refractivity contribution is -0.0565. The molecule has 5 heterocycles. The SMILES string of the molecule is COc1ncc(-c2cc(CN3CCC(F)(F)CC3)c3c(N)ncnn23)cc1C(=O)N[C@@H]1CN(C(=O)OC2CCC2)C[C@@H]1F. The van der Waals surface area contributed by atoms with Crippen molar-refractivity contribution in [2.24, 2.45) is 0 Å². The third-order valence-electron chi connectivity index (χ3n) is 8.37. The van der Waals surface area contributed by atoms with Gasteiger partial charge in [0.25, 0.3) is 11.8 Å². The van der Waals surface area contributed by atoms with E-state index < -0.39 is 30.1 Å². The molecule has 6 rings (SSSR count). The van der Waals surface area contributed by atoms with Crippen molar-refractivity contribution in [3.63, 3.8) is 0 Å². The fourth-order valence-corrected chi connectivity index (χ4v) is 5.67. The molecule has 2 atom stereocenters. The summed E-state index contributed by atoms with van der Waals surface area (Å²) in [5.74, 6) is -3.05. The van der Waals surface area contributed by atoms with E-state index in [0.29, 0.717) is 23.3 Å². The molecule has 0 aromatic carbocycles. The maximum absolute atomic E-state index is 14.9. The number of alkyl halides is 3. The quantitative estimate of drug-likeness (QED) is 0.418. The van der Waals surface area contributed by atoms with Gasteiger partial charge in [0.15, 0.2) is 5.82 Å². The van der Waals surface area contributed by atoms with Crippen LogP contribution in [0.4, 0.5) is 23.8 Å². The van der Waals surface area contributed by atoms with E-state index in [-0.39, 0.29) is 62.4 Å². The van der Waals surface area contributed by atoms with Gasteiger partial charge in [0, 0.05) is 50.8 Å². The molecule has 2 saturated heterocycles. The highest BCUT2D eigenvalue weighted by Crippen LogP contribution is 2.33. The lowest BCUT2D eigenvalue weighted by Gasteiger charge is -2.31. The number of nitrogen functional groups attached to an aromatic ring is 1. The molecule has 12 nitrogen and oxygen atoms in total. The van der Waals surface area contributed by atoms with Gasteiger partial charge in [0.05, 0.1) is 25.4 Å². The first-order valence-corrected chi connectivity index (χ1v) is 14.3. The summed E-state index contributed by atoms with van der Waals surface area (Å²) in [6, 6.07) is 2.43. The molecule has 15 heteroatoms. The summed E-state index contributed by atoms with van der Waals surface area (Å²) in [6.07, 6.45) is 2.76. The van der Waals surface area contributed by atoms with Crippen LogP contribution in [-0.2, 0) is 11.3 Å². The van der Waals surface area contributed by atoms with Crippen LogP contribution in [0.25, 0.3) is 16.8 Å². The van der Waals surface area contributed by atoms with Gasteiger partial charge in [-0.25, -0.2) is 32.4 Å². The first kappa shape index (κ1) is 29.0. The smallest absolute Gasteiger partial charge is 0.410 e. The highest BCUT2D eigenvalue weighted by Gasteiger charge is 2.39. The van der Waals surface area contributed by atoms with Crippen LogP contribution in [0, 0.1) is 0 Å². The average molecular weight is 603 g/mol. The molecule has 3 fully saturated rings. The molecule has 3 N–H and O–H groups in total.